The molecule has 0 saturated carbocycles. The van der Waals surface area contributed by atoms with Crippen LogP contribution in [0.4, 0.5) is 10.1 Å². The number of halogens is 2. The van der Waals surface area contributed by atoms with E-state index in [1.54, 1.807) is 0 Å². The molecule has 7 heteroatoms. The highest BCUT2D eigenvalue weighted by Crippen LogP contribution is 2.19. The Bertz CT molecular complexity index is 843. The normalized spacial score (nSPS) is 18.7. The Morgan fingerprint density at radius 3 is 2.69 bits per heavy atom. The van der Waals surface area contributed by atoms with Gasteiger partial charge in [-0.1, -0.05) is 35.9 Å². The molecule has 0 spiro atoms. The summed E-state index contributed by atoms with van der Waals surface area (Å²) in [7, 11) is 1.34. The van der Waals surface area contributed by atoms with Crippen LogP contribution in [0.5, 0.6) is 0 Å². The number of carbonyl (C=O) groups excluding carboxylic acids is 2. The van der Waals surface area contributed by atoms with Crippen molar-refractivity contribution in [3.8, 4) is 0 Å². The molecular formula is C19H19ClFN2O3+. The van der Waals surface area contributed by atoms with Crippen LogP contribution in [0.3, 0.4) is 0 Å². The van der Waals surface area contributed by atoms with E-state index in [0.29, 0.717) is 13.0 Å². The summed E-state index contributed by atoms with van der Waals surface area (Å²) in [5.41, 5.74) is 2.23. The van der Waals surface area contributed by atoms with Gasteiger partial charge in [0.05, 0.1) is 12.8 Å². The van der Waals surface area contributed by atoms with Gasteiger partial charge in [0.15, 0.2) is 12.6 Å². The monoisotopic (exact) mass is 377 g/mol. The molecule has 1 amide bonds. The molecule has 1 aliphatic heterocycles. The number of hydrogen-bond acceptors (Lipinski definition) is 3. The quantitative estimate of drug-likeness (QED) is 0.796. The van der Waals surface area contributed by atoms with E-state index >= 15 is 0 Å². The van der Waals surface area contributed by atoms with Crippen LogP contribution < -0.4 is 10.2 Å². The highest BCUT2D eigenvalue weighted by molar-refractivity contribution is 6.30. The maximum Gasteiger partial charge on any atom is 0.365 e. The number of rotatable bonds is 4. The second-order valence-corrected chi connectivity index (χ2v) is 6.67. The minimum atomic E-state index is -0.602. The lowest BCUT2D eigenvalue weighted by atomic mass is 9.94. The number of methoxy groups -OCH3 is 1. The molecule has 0 radical (unpaired) electrons. The first-order valence-electron chi connectivity index (χ1n) is 8.22. The lowest BCUT2D eigenvalue weighted by Gasteiger charge is -2.31. The molecule has 0 saturated heterocycles. The van der Waals surface area contributed by atoms with Crippen molar-refractivity contribution in [3.63, 3.8) is 0 Å². The number of fused-ring (bicyclic) bond motifs is 1. The number of hydrogen-bond donors (Lipinski definition) is 2. The molecule has 0 bridgehead atoms. The number of carbonyl (C=O) groups is 2. The predicted molar refractivity (Wildman–Crippen MR) is 95.5 cm³/mol. The maximum atomic E-state index is 13.9. The third-order valence-corrected chi connectivity index (χ3v) is 4.77. The van der Waals surface area contributed by atoms with Crippen LogP contribution in [0.25, 0.3) is 0 Å². The molecule has 136 valence electrons. The molecule has 2 N–H and O–H groups in total. The fourth-order valence-corrected chi connectivity index (χ4v) is 3.39. The molecule has 3 rings (SSSR count). The average molecular weight is 378 g/mol. The van der Waals surface area contributed by atoms with E-state index in [2.05, 4.69) is 5.32 Å². The summed E-state index contributed by atoms with van der Waals surface area (Å²) in [6.07, 6.45) is 0.501. The van der Waals surface area contributed by atoms with Gasteiger partial charge in [-0.15, -0.1) is 0 Å². The van der Waals surface area contributed by atoms with Crippen molar-refractivity contribution >= 4 is 29.2 Å². The third-order valence-electron chi connectivity index (χ3n) is 4.53. The van der Waals surface area contributed by atoms with Gasteiger partial charge in [-0.3, -0.25) is 4.79 Å². The number of quaternary nitrogens is 1. The fourth-order valence-electron chi connectivity index (χ4n) is 3.23. The minimum Gasteiger partial charge on any atom is -0.465 e. The molecule has 1 aliphatic rings. The number of nitrogens with one attached hydrogen (secondary N) is 2. The summed E-state index contributed by atoms with van der Waals surface area (Å²) >= 11 is 5.72. The van der Waals surface area contributed by atoms with Gasteiger partial charge < -0.3 is 15.0 Å². The first-order valence-corrected chi connectivity index (χ1v) is 8.60. The number of amides is 1. The third kappa shape index (κ3) is 4.03. The van der Waals surface area contributed by atoms with Crippen LogP contribution in [0, 0.1) is 5.82 Å². The van der Waals surface area contributed by atoms with E-state index in [1.807, 2.05) is 24.3 Å². The summed E-state index contributed by atoms with van der Waals surface area (Å²) in [6.45, 7) is 0.544. The first kappa shape index (κ1) is 18.4. The lowest BCUT2D eigenvalue weighted by Crippen LogP contribution is -3.17. The SMILES string of the molecule is COC(=O)[C@H]1Cc2ccccc2C[NH+]1CC(=O)Nc1ccc(Cl)cc1F. The summed E-state index contributed by atoms with van der Waals surface area (Å²) < 4.78 is 18.8. The lowest BCUT2D eigenvalue weighted by molar-refractivity contribution is -0.924. The summed E-state index contributed by atoms with van der Waals surface area (Å²) in [5.74, 6) is -1.34. The number of benzene rings is 2. The van der Waals surface area contributed by atoms with E-state index in [4.69, 9.17) is 16.3 Å². The van der Waals surface area contributed by atoms with E-state index in [0.717, 1.165) is 22.1 Å². The molecular weight excluding hydrogens is 359 g/mol. The smallest absolute Gasteiger partial charge is 0.365 e. The second-order valence-electron chi connectivity index (χ2n) is 6.23. The number of ether oxygens (including phenoxy) is 1. The maximum absolute atomic E-state index is 13.9. The van der Waals surface area contributed by atoms with Gasteiger partial charge in [0.1, 0.15) is 12.4 Å². The van der Waals surface area contributed by atoms with Gasteiger partial charge in [-0.25, -0.2) is 9.18 Å². The van der Waals surface area contributed by atoms with Crippen molar-refractivity contribution in [1.82, 2.24) is 0 Å². The second kappa shape index (κ2) is 7.85. The Labute approximate surface area is 155 Å². The highest BCUT2D eigenvalue weighted by atomic mass is 35.5. The van der Waals surface area contributed by atoms with Crippen molar-refractivity contribution in [2.75, 3.05) is 19.0 Å². The van der Waals surface area contributed by atoms with Crippen LogP contribution in [0.1, 0.15) is 11.1 Å². The Morgan fingerprint density at radius 2 is 2.00 bits per heavy atom. The molecule has 0 aliphatic carbocycles. The Balaban J connectivity index is 1.75. The van der Waals surface area contributed by atoms with Crippen LogP contribution >= 0.6 is 11.6 Å². The van der Waals surface area contributed by atoms with Gasteiger partial charge in [0, 0.05) is 17.0 Å². The van der Waals surface area contributed by atoms with E-state index < -0.39 is 11.9 Å². The van der Waals surface area contributed by atoms with Gasteiger partial charge in [-0.2, -0.15) is 0 Å². The van der Waals surface area contributed by atoms with Crippen molar-refractivity contribution in [2.24, 2.45) is 0 Å². The molecule has 0 fully saturated rings. The average Bonchev–Trinajstić information content (AvgIpc) is 2.63. The van der Waals surface area contributed by atoms with E-state index in [-0.39, 0.29) is 29.1 Å². The zero-order valence-corrected chi connectivity index (χ0v) is 15.0. The molecule has 26 heavy (non-hydrogen) atoms. The molecule has 2 aromatic carbocycles. The topological polar surface area (TPSA) is 59.8 Å². The van der Waals surface area contributed by atoms with Crippen LogP contribution in [-0.2, 0) is 27.3 Å². The first-order chi connectivity index (χ1) is 12.5. The largest absolute Gasteiger partial charge is 0.465 e. The zero-order valence-electron chi connectivity index (χ0n) is 14.2. The van der Waals surface area contributed by atoms with Gasteiger partial charge >= 0.3 is 5.97 Å². The molecule has 2 atom stereocenters. The van der Waals surface area contributed by atoms with Gasteiger partial charge in [0.25, 0.3) is 5.91 Å². The van der Waals surface area contributed by atoms with Gasteiger partial charge in [-0.05, 0) is 23.8 Å². The van der Waals surface area contributed by atoms with Crippen LogP contribution in [0.15, 0.2) is 42.5 Å². The Morgan fingerprint density at radius 1 is 1.27 bits per heavy atom. The minimum absolute atomic E-state index is 0.0240. The van der Waals surface area contributed by atoms with E-state index in [1.165, 1.54) is 19.2 Å². The van der Waals surface area contributed by atoms with Crippen LogP contribution in [0.2, 0.25) is 5.02 Å². The fraction of sp³-hybridized carbons (Fsp3) is 0.263. The molecule has 5 nitrogen and oxygen atoms in total. The highest BCUT2D eigenvalue weighted by Gasteiger charge is 2.37. The Kier molecular flexibility index (Phi) is 5.54. The molecule has 0 aromatic heterocycles. The van der Waals surface area contributed by atoms with Crippen molar-refractivity contribution in [1.29, 1.82) is 0 Å². The molecule has 1 heterocycles. The summed E-state index contributed by atoms with van der Waals surface area (Å²) in [6, 6.07) is 11.4. The Hall–Kier alpha value is -2.44. The van der Waals surface area contributed by atoms with Crippen LogP contribution in [-0.4, -0.2) is 31.6 Å². The molecule has 1 unspecified atom stereocenters. The van der Waals surface area contributed by atoms with E-state index in [9.17, 15) is 14.0 Å². The van der Waals surface area contributed by atoms with Crippen molar-refractivity contribution < 1.29 is 23.6 Å². The number of esters is 1. The molecule has 2 aromatic rings. The number of anilines is 1. The van der Waals surface area contributed by atoms with Crippen molar-refractivity contribution in [3.05, 3.63) is 64.4 Å². The summed E-state index contributed by atoms with van der Waals surface area (Å²) in [5, 5.41) is 2.79. The predicted octanol–water partition coefficient (Wildman–Crippen LogP) is 1.60. The zero-order chi connectivity index (χ0) is 18.7. The standard InChI is InChI=1S/C19H18ClFN2O3/c1-26-19(25)17-8-12-4-2-3-5-13(12)10-23(17)11-18(24)22-16-7-6-14(20)9-15(16)21/h2-7,9,17H,8,10-11H2,1H3,(H,22,24)/p+1/t17-/m1/s1. The summed E-state index contributed by atoms with van der Waals surface area (Å²) in [4.78, 5) is 25.3. The van der Waals surface area contributed by atoms with Crippen molar-refractivity contribution in [2.45, 2.75) is 19.0 Å². The van der Waals surface area contributed by atoms with Gasteiger partial charge in [0.2, 0.25) is 0 Å².